The summed E-state index contributed by atoms with van der Waals surface area (Å²) in [7, 11) is 0. The van der Waals surface area contributed by atoms with E-state index in [2.05, 4.69) is 24.5 Å². The molecule has 0 amide bonds. The number of rotatable bonds is 1. The first-order chi connectivity index (χ1) is 7.46. The molecule has 86 valence electrons. The third kappa shape index (κ3) is 3.21. The molecule has 1 aromatic carbocycles. The normalized spacial score (nSPS) is 10.8. The molecule has 0 saturated carbocycles. The molecule has 0 aliphatic heterocycles. The van der Waals surface area contributed by atoms with E-state index in [9.17, 15) is 13.2 Å². The number of benzene rings is 1. The molecular weight excluding hydrogens is 233 g/mol. The van der Waals surface area contributed by atoms with Crippen molar-refractivity contribution in [1.29, 1.82) is 0 Å². The first-order valence-electron chi connectivity index (χ1n) is 4.73. The predicted octanol–water partition coefficient (Wildman–Crippen LogP) is 3.69. The van der Waals surface area contributed by atoms with E-state index in [-0.39, 0.29) is 5.56 Å². The maximum atomic E-state index is 12.6. The Kier molecular flexibility index (Phi) is 4.31. The fraction of sp³-hybridized carbons (Fsp3) is 0.333. The highest BCUT2D eigenvalue weighted by atomic mass is 32.1. The third-order valence-corrected chi connectivity index (χ3v) is 2.32. The van der Waals surface area contributed by atoms with Crippen molar-refractivity contribution in [2.45, 2.75) is 19.5 Å². The van der Waals surface area contributed by atoms with Crippen molar-refractivity contribution in [2.75, 3.05) is 5.75 Å². The van der Waals surface area contributed by atoms with Gasteiger partial charge >= 0.3 is 6.18 Å². The number of hydrogen-bond acceptors (Lipinski definition) is 1. The van der Waals surface area contributed by atoms with Crippen molar-refractivity contribution < 1.29 is 13.2 Å². The molecule has 0 unspecified atom stereocenters. The van der Waals surface area contributed by atoms with Gasteiger partial charge in [-0.05, 0) is 24.6 Å². The molecule has 0 spiro atoms. The zero-order valence-corrected chi connectivity index (χ0v) is 9.62. The highest BCUT2D eigenvalue weighted by Crippen LogP contribution is 2.32. The topological polar surface area (TPSA) is 0 Å². The summed E-state index contributed by atoms with van der Waals surface area (Å²) in [5, 5.41) is 0. The van der Waals surface area contributed by atoms with Gasteiger partial charge in [-0.1, -0.05) is 17.9 Å². The molecule has 0 aliphatic rings. The molecule has 0 aliphatic carbocycles. The Hall–Kier alpha value is -1.08. The molecule has 0 fully saturated rings. The Morgan fingerprint density at radius 3 is 2.56 bits per heavy atom. The summed E-state index contributed by atoms with van der Waals surface area (Å²) in [6.45, 7) is 1.44. The van der Waals surface area contributed by atoms with Crippen LogP contribution in [0.15, 0.2) is 18.2 Å². The van der Waals surface area contributed by atoms with Crippen molar-refractivity contribution in [3.8, 4) is 11.8 Å². The summed E-state index contributed by atoms with van der Waals surface area (Å²) in [5.41, 5.74) is -0.0107. The summed E-state index contributed by atoms with van der Waals surface area (Å²) < 4.78 is 37.7. The Labute approximate surface area is 98.3 Å². The molecular formula is C12H11F3S. The summed E-state index contributed by atoms with van der Waals surface area (Å²) in [4.78, 5) is 0. The minimum Gasteiger partial charge on any atom is -0.178 e. The second kappa shape index (κ2) is 5.31. The molecule has 0 bridgehead atoms. The molecule has 16 heavy (non-hydrogen) atoms. The van der Waals surface area contributed by atoms with Gasteiger partial charge < -0.3 is 0 Å². The van der Waals surface area contributed by atoms with Gasteiger partial charge in [0.1, 0.15) is 0 Å². The van der Waals surface area contributed by atoms with Gasteiger partial charge in [0.15, 0.2) is 0 Å². The molecule has 0 nitrogen and oxygen atoms in total. The van der Waals surface area contributed by atoms with Crippen molar-refractivity contribution in [1.82, 2.24) is 0 Å². The maximum Gasteiger partial charge on any atom is 0.416 e. The lowest BCUT2D eigenvalue weighted by molar-refractivity contribution is -0.138. The number of thiol groups is 1. The fourth-order valence-corrected chi connectivity index (χ4v) is 1.40. The molecule has 0 N–H and O–H groups in total. The second-order valence-corrected chi connectivity index (χ2v) is 3.70. The lowest BCUT2D eigenvalue weighted by Crippen LogP contribution is -2.08. The maximum absolute atomic E-state index is 12.6. The SMILES string of the molecule is Cc1c(C#CCCS)cccc1C(F)(F)F. The van der Waals surface area contributed by atoms with Gasteiger partial charge in [0.25, 0.3) is 0 Å². The van der Waals surface area contributed by atoms with Crippen molar-refractivity contribution >= 4 is 12.6 Å². The molecule has 0 saturated heterocycles. The van der Waals surface area contributed by atoms with Crippen LogP contribution >= 0.6 is 12.6 Å². The Bertz CT molecular complexity index is 424. The van der Waals surface area contributed by atoms with Crippen LogP contribution in [0, 0.1) is 18.8 Å². The van der Waals surface area contributed by atoms with Gasteiger partial charge in [-0.2, -0.15) is 25.8 Å². The van der Waals surface area contributed by atoms with Gasteiger partial charge in [-0.15, -0.1) is 0 Å². The van der Waals surface area contributed by atoms with Crippen molar-refractivity contribution in [3.63, 3.8) is 0 Å². The summed E-state index contributed by atoms with van der Waals surface area (Å²) >= 11 is 3.98. The molecule has 1 rings (SSSR count). The lowest BCUT2D eigenvalue weighted by atomic mass is 10.0. The van der Waals surface area contributed by atoms with E-state index in [0.717, 1.165) is 6.07 Å². The average Bonchev–Trinajstić information content (AvgIpc) is 2.19. The fourth-order valence-electron chi connectivity index (χ4n) is 1.29. The van der Waals surface area contributed by atoms with Crippen LogP contribution in [0.2, 0.25) is 0 Å². The number of hydrogen-bond donors (Lipinski definition) is 1. The Morgan fingerprint density at radius 2 is 2.00 bits per heavy atom. The van der Waals surface area contributed by atoms with E-state index >= 15 is 0 Å². The molecule has 0 aromatic heterocycles. The van der Waals surface area contributed by atoms with Gasteiger partial charge in [-0.25, -0.2) is 0 Å². The van der Waals surface area contributed by atoms with E-state index < -0.39 is 11.7 Å². The van der Waals surface area contributed by atoms with Crippen LogP contribution in [0.3, 0.4) is 0 Å². The monoisotopic (exact) mass is 244 g/mol. The van der Waals surface area contributed by atoms with Crippen LogP contribution in [0.4, 0.5) is 13.2 Å². The minimum absolute atomic E-state index is 0.182. The highest BCUT2D eigenvalue weighted by molar-refractivity contribution is 7.80. The van der Waals surface area contributed by atoms with Gasteiger partial charge in [0, 0.05) is 17.7 Å². The average molecular weight is 244 g/mol. The third-order valence-electron chi connectivity index (χ3n) is 2.10. The van der Waals surface area contributed by atoms with E-state index in [1.54, 1.807) is 6.07 Å². The Balaban J connectivity index is 3.11. The number of halogens is 3. The summed E-state index contributed by atoms with van der Waals surface area (Å²) in [5.74, 6) is 6.11. The van der Waals surface area contributed by atoms with E-state index in [4.69, 9.17) is 0 Å². The van der Waals surface area contributed by atoms with Crippen LogP contribution in [0.1, 0.15) is 23.1 Å². The summed E-state index contributed by atoms with van der Waals surface area (Å²) in [6, 6.07) is 4.04. The van der Waals surface area contributed by atoms with Crippen LogP contribution in [0.25, 0.3) is 0 Å². The van der Waals surface area contributed by atoms with Crippen LogP contribution in [-0.2, 0) is 6.18 Å². The standard InChI is InChI=1S/C12H11F3S/c1-9-10(5-2-3-8-16)6-4-7-11(9)12(13,14)15/h4,6-7,16H,3,8H2,1H3. The zero-order chi connectivity index (χ0) is 12.2. The van der Waals surface area contributed by atoms with Crippen LogP contribution in [-0.4, -0.2) is 5.75 Å². The molecule has 0 radical (unpaired) electrons. The first kappa shape index (κ1) is 13.0. The van der Waals surface area contributed by atoms with E-state index in [0.29, 0.717) is 17.7 Å². The molecule has 1 aromatic rings. The first-order valence-corrected chi connectivity index (χ1v) is 5.36. The van der Waals surface area contributed by atoms with Crippen LogP contribution < -0.4 is 0 Å². The Morgan fingerprint density at radius 1 is 1.31 bits per heavy atom. The number of alkyl halides is 3. The lowest BCUT2D eigenvalue weighted by Gasteiger charge is -2.10. The van der Waals surface area contributed by atoms with E-state index in [1.165, 1.54) is 13.0 Å². The van der Waals surface area contributed by atoms with Gasteiger partial charge in [0.2, 0.25) is 0 Å². The zero-order valence-electron chi connectivity index (χ0n) is 8.73. The quantitative estimate of drug-likeness (QED) is 0.565. The van der Waals surface area contributed by atoms with E-state index in [1.807, 2.05) is 0 Å². The molecule has 4 heteroatoms. The largest absolute Gasteiger partial charge is 0.416 e. The minimum atomic E-state index is -4.31. The molecule has 0 atom stereocenters. The summed E-state index contributed by atoms with van der Waals surface area (Å²) in [6.07, 6.45) is -3.75. The predicted molar refractivity (Wildman–Crippen MR) is 61.5 cm³/mol. The van der Waals surface area contributed by atoms with Gasteiger partial charge in [0.05, 0.1) is 5.56 Å². The highest BCUT2D eigenvalue weighted by Gasteiger charge is 2.32. The van der Waals surface area contributed by atoms with Gasteiger partial charge in [-0.3, -0.25) is 0 Å². The van der Waals surface area contributed by atoms with Crippen LogP contribution in [0.5, 0.6) is 0 Å². The molecule has 0 heterocycles. The second-order valence-electron chi connectivity index (χ2n) is 3.25. The van der Waals surface area contributed by atoms with Crippen molar-refractivity contribution in [2.24, 2.45) is 0 Å². The van der Waals surface area contributed by atoms with Crippen molar-refractivity contribution in [3.05, 3.63) is 34.9 Å². The smallest absolute Gasteiger partial charge is 0.178 e.